The van der Waals surface area contributed by atoms with Gasteiger partial charge in [-0.3, -0.25) is 4.79 Å². The zero-order valence-corrected chi connectivity index (χ0v) is 15.4. The van der Waals surface area contributed by atoms with Gasteiger partial charge in [-0.05, 0) is 18.4 Å². The van der Waals surface area contributed by atoms with Gasteiger partial charge in [0, 0.05) is 23.5 Å². The van der Waals surface area contributed by atoms with Crippen LogP contribution >= 0.6 is 11.8 Å². The number of carbonyl (C=O) groups is 2. The van der Waals surface area contributed by atoms with Crippen LogP contribution in [0.4, 0.5) is 0 Å². The number of ether oxygens (including phenoxy) is 2. The predicted molar refractivity (Wildman–Crippen MR) is 100 cm³/mol. The molecule has 0 spiro atoms. The Labute approximate surface area is 157 Å². The van der Waals surface area contributed by atoms with Crippen LogP contribution in [0.1, 0.15) is 22.0 Å². The molecule has 26 heavy (non-hydrogen) atoms. The molecule has 1 fully saturated rings. The number of nitrogens with zero attached hydrogens (tertiary/aromatic N) is 1. The van der Waals surface area contributed by atoms with E-state index >= 15 is 0 Å². The standard InChI is InChI=1S/C20H21NO4S/c1-26-17-10-6-5-9-16(17)20(23)25-18(15-7-3-2-4-8-15)19(22)21-11-13-24-14-12-21/h2-10,18H,11-14H2,1H3. The number of hydrogen-bond acceptors (Lipinski definition) is 5. The van der Waals surface area contributed by atoms with Crippen LogP contribution in [0.5, 0.6) is 0 Å². The third-order valence-electron chi connectivity index (χ3n) is 4.20. The Morgan fingerprint density at radius 3 is 2.38 bits per heavy atom. The van der Waals surface area contributed by atoms with Gasteiger partial charge in [0.25, 0.3) is 5.91 Å². The lowest BCUT2D eigenvalue weighted by molar-refractivity contribution is -0.145. The smallest absolute Gasteiger partial charge is 0.340 e. The molecule has 0 saturated carbocycles. The van der Waals surface area contributed by atoms with Crippen molar-refractivity contribution < 1.29 is 19.1 Å². The summed E-state index contributed by atoms with van der Waals surface area (Å²) in [7, 11) is 0. The first-order chi connectivity index (χ1) is 12.7. The molecule has 0 bridgehead atoms. The molecule has 3 rings (SSSR count). The Balaban J connectivity index is 1.86. The summed E-state index contributed by atoms with van der Waals surface area (Å²) in [4.78, 5) is 28.3. The lowest BCUT2D eigenvalue weighted by Gasteiger charge is -2.30. The van der Waals surface area contributed by atoms with E-state index in [0.717, 1.165) is 4.90 Å². The maximum absolute atomic E-state index is 13.0. The monoisotopic (exact) mass is 371 g/mol. The molecule has 1 saturated heterocycles. The number of amides is 1. The fourth-order valence-electron chi connectivity index (χ4n) is 2.82. The molecule has 6 heteroatoms. The second kappa shape index (κ2) is 8.87. The normalized spacial score (nSPS) is 15.3. The summed E-state index contributed by atoms with van der Waals surface area (Å²) >= 11 is 1.47. The number of hydrogen-bond donors (Lipinski definition) is 0. The number of morpholine rings is 1. The second-order valence-electron chi connectivity index (χ2n) is 5.83. The van der Waals surface area contributed by atoms with Gasteiger partial charge in [0.2, 0.25) is 6.10 Å². The highest BCUT2D eigenvalue weighted by Gasteiger charge is 2.31. The molecule has 1 amide bonds. The van der Waals surface area contributed by atoms with Crippen LogP contribution in [0.15, 0.2) is 59.5 Å². The van der Waals surface area contributed by atoms with Crippen molar-refractivity contribution in [1.29, 1.82) is 0 Å². The Kier molecular flexibility index (Phi) is 6.30. The van der Waals surface area contributed by atoms with Crippen LogP contribution in [-0.4, -0.2) is 49.3 Å². The number of carbonyl (C=O) groups excluding carboxylic acids is 2. The summed E-state index contributed by atoms with van der Waals surface area (Å²) in [5.74, 6) is -0.708. The van der Waals surface area contributed by atoms with Gasteiger partial charge in [-0.15, -0.1) is 11.8 Å². The summed E-state index contributed by atoms with van der Waals surface area (Å²) < 4.78 is 11.0. The van der Waals surface area contributed by atoms with Gasteiger partial charge in [-0.2, -0.15) is 0 Å². The molecule has 0 aliphatic carbocycles. The van der Waals surface area contributed by atoms with Gasteiger partial charge in [-0.1, -0.05) is 42.5 Å². The molecule has 0 aromatic heterocycles. The van der Waals surface area contributed by atoms with Crippen molar-refractivity contribution in [2.75, 3.05) is 32.6 Å². The van der Waals surface area contributed by atoms with E-state index in [0.29, 0.717) is 37.4 Å². The molecule has 136 valence electrons. The van der Waals surface area contributed by atoms with Crippen LogP contribution in [0.25, 0.3) is 0 Å². The molecule has 1 unspecified atom stereocenters. The van der Waals surface area contributed by atoms with E-state index in [4.69, 9.17) is 9.47 Å². The van der Waals surface area contributed by atoms with Gasteiger partial charge in [0.05, 0.1) is 18.8 Å². The largest absolute Gasteiger partial charge is 0.444 e. The van der Waals surface area contributed by atoms with Gasteiger partial charge in [0.15, 0.2) is 0 Å². The van der Waals surface area contributed by atoms with E-state index in [1.54, 1.807) is 29.2 Å². The molecule has 1 aliphatic rings. The average molecular weight is 371 g/mol. The minimum Gasteiger partial charge on any atom is -0.444 e. The van der Waals surface area contributed by atoms with E-state index in [2.05, 4.69) is 0 Å². The van der Waals surface area contributed by atoms with Gasteiger partial charge < -0.3 is 14.4 Å². The number of esters is 1. The summed E-state index contributed by atoms with van der Waals surface area (Å²) in [6, 6.07) is 16.4. The molecule has 5 nitrogen and oxygen atoms in total. The summed E-state index contributed by atoms with van der Waals surface area (Å²) in [5, 5.41) is 0. The molecule has 1 heterocycles. The minimum atomic E-state index is -0.961. The molecule has 2 aromatic rings. The number of thioether (sulfide) groups is 1. The molecule has 0 N–H and O–H groups in total. The van der Waals surface area contributed by atoms with Gasteiger partial charge in [0.1, 0.15) is 0 Å². The lowest BCUT2D eigenvalue weighted by atomic mass is 10.1. The fraction of sp³-hybridized carbons (Fsp3) is 0.300. The van der Waals surface area contributed by atoms with Crippen LogP contribution < -0.4 is 0 Å². The van der Waals surface area contributed by atoms with Gasteiger partial charge in [-0.25, -0.2) is 4.79 Å². The first-order valence-electron chi connectivity index (χ1n) is 8.46. The van der Waals surface area contributed by atoms with Crippen molar-refractivity contribution in [1.82, 2.24) is 4.90 Å². The van der Waals surface area contributed by atoms with Crippen molar-refractivity contribution in [2.24, 2.45) is 0 Å². The van der Waals surface area contributed by atoms with Crippen LogP contribution in [0, 0.1) is 0 Å². The fourth-order valence-corrected chi connectivity index (χ4v) is 3.41. The van der Waals surface area contributed by atoms with Crippen molar-refractivity contribution in [2.45, 2.75) is 11.0 Å². The lowest BCUT2D eigenvalue weighted by Crippen LogP contribution is -2.44. The van der Waals surface area contributed by atoms with Crippen LogP contribution in [0.2, 0.25) is 0 Å². The minimum absolute atomic E-state index is 0.213. The molecule has 0 radical (unpaired) electrons. The number of benzene rings is 2. The highest BCUT2D eigenvalue weighted by Crippen LogP contribution is 2.26. The molecule has 1 atom stereocenters. The predicted octanol–water partition coefficient (Wildman–Crippen LogP) is 3.17. The van der Waals surface area contributed by atoms with Crippen LogP contribution in [-0.2, 0) is 14.3 Å². The summed E-state index contributed by atoms with van der Waals surface area (Å²) in [6.45, 7) is 2.00. The number of rotatable bonds is 5. The van der Waals surface area contributed by atoms with E-state index in [1.165, 1.54) is 11.8 Å². The third kappa shape index (κ3) is 4.26. The zero-order valence-electron chi connectivity index (χ0n) is 14.6. The average Bonchev–Trinajstić information content (AvgIpc) is 2.72. The SMILES string of the molecule is CSc1ccccc1C(=O)OC(C(=O)N1CCOCC1)c1ccccc1. The van der Waals surface area contributed by atoms with Gasteiger partial charge >= 0.3 is 5.97 Å². The quantitative estimate of drug-likeness (QED) is 0.597. The molecule has 2 aromatic carbocycles. The first-order valence-corrected chi connectivity index (χ1v) is 9.68. The third-order valence-corrected chi connectivity index (χ3v) is 5.00. The maximum Gasteiger partial charge on any atom is 0.340 e. The Morgan fingerprint density at radius 1 is 1.04 bits per heavy atom. The zero-order chi connectivity index (χ0) is 18.4. The molecular formula is C20H21NO4S. The highest BCUT2D eigenvalue weighted by molar-refractivity contribution is 7.98. The maximum atomic E-state index is 13.0. The second-order valence-corrected chi connectivity index (χ2v) is 6.68. The topological polar surface area (TPSA) is 55.8 Å². The van der Waals surface area contributed by atoms with Crippen molar-refractivity contribution in [3.8, 4) is 0 Å². The Hall–Kier alpha value is -2.31. The summed E-state index contributed by atoms with van der Waals surface area (Å²) in [5.41, 5.74) is 1.13. The van der Waals surface area contributed by atoms with E-state index in [9.17, 15) is 9.59 Å². The highest BCUT2D eigenvalue weighted by atomic mass is 32.2. The Morgan fingerprint density at radius 2 is 1.69 bits per heavy atom. The van der Waals surface area contributed by atoms with Crippen molar-refractivity contribution in [3.63, 3.8) is 0 Å². The molecule has 1 aliphatic heterocycles. The van der Waals surface area contributed by atoms with Crippen LogP contribution in [0.3, 0.4) is 0 Å². The van der Waals surface area contributed by atoms with E-state index in [1.807, 2.05) is 36.6 Å². The first kappa shape index (κ1) is 18.5. The summed E-state index contributed by atoms with van der Waals surface area (Å²) in [6.07, 6.45) is 0.941. The van der Waals surface area contributed by atoms with Crippen molar-refractivity contribution in [3.05, 3.63) is 65.7 Å². The van der Waals surface area contributed by atoms with E-state index < -0.39 is 12.1 Å². The van der Waals surface area contributed by atoms with Crippen molar-refractivity contribution >= 4 is 23.6 Å². The molecular weight excluding hydrogens is 350 g/mol. The Bertz CT molecular complexity index is 759. The van der Waals surface area contributed by atoms with E-state index in [-0.39, 0.29) is 5.91 Å².